The number of rotatable bonds is 2. The van der Waals surface area contributed by atoms with Gasteiger partial charge in [0.15, 0.2) is 11.5 Å². The molecule has 13 heavy (non-hydrogen) atoms. The molecule has 0 unspecified atom stereocenters. The molecule has 68 valence electrons. The molecule has 2 N–H and O–H groups in total. The summed E-state index contributed by atoms with van der Waals surface area (Å²) in [6.07, 6.45) is 0.635. The SMILES string of the molecule is Nc1cccc2oc(CCCl)nc12. The Bertz CT molecular complexity index is 424. The molecule has 1 aromatic carbocycles. The van der Waals surface area contributed by atoms with Crippen LogP contribution in [0, 0.1) is 0 Å². The monoisotopic (exact) mass is 196 g/mol. The number of nitrogens with zero attached hydrogens (tertiary/aromatic N) is 1. The Morgan fingerprint density at radius 2 is 2.31 bits per heavy atom. The summed E-state index contributed by atoms with van der Waals surface area (Å²) in [7, 11) is 0. The Morgan fingerprint density at radius 1 is 1.46 bits per heavy atom. The van der Waals surface area contributed by atoms with Crippen molar-refractivity contribution in [2.45, 2.75) is 6.42 Å². The number of hydrogen-bond acceptors (Lipinski definition) is 3. The fourth-order valence-electron chi connectivity index (χ4n) is 1.20. The number of aromatic nitrogens is 1. The van der Waals surface area contributed by atoms with Crippen LogP contribution in [0.15, 0.2) is 22.6 Å². The summed E-state index contributed by atoms with van der Waals surface area (Å²) in [5.74, 6) is 1.15. The van der Waals surface area contributed by atoms with Gasteiger partial charge in [-0.1, -0.05) is 6.07 Å². The summed E-state index contributed by atoms with van der Waals surface area (Å²) in [6.45, 7) is 0. The van der Waals surface area contributed by atoms with Crippen molar-refractivity contribution in [2.24, 2.45) is 0 Å². The third kappa shape index (κ3) is 1.47. The number of oxazole rings is 1. The van der Waals surface area contributed by atoms with Crippen LogP contribution >= 0.6 is 11.6 Å². The van der Waals surface area contributed by atoms with Crippen LogP contribution in [0.1, 0.15) is 5.89 Å². The average Bonchev–Trinajstić information content (AvgIpc) is 2.49. The van der Waals surface area contributed by atoms with Crippen LogP contribution in [0.25, 0.3) is 11.1 Å². The zero-order valence-electron chi connectivity index (χ0n) is 6.96. The first-order chi connectivity index (χ1) is 6.31. The second-order valence-corrected chi connectivity index (χ2v) is 3.12. The molecule has 0 saturated heterocycles. The van der Waals surface area contributed by atoms with Gasteiger partial charge < -0.3 is 10.2 Å². The summed E-state index contributed by atoms with van der Waals surface area (Å²) in [5.41, 5.74) is 7.80. The number of para-hydroxylation sites is 1. The van der Waals surface area contributed by atoms with Crippen molar-refractivity contribution < 1.29 is 4.42 Å². The third-order valence-electron chi connectivity index (χ3n) is 1.80. The lowest BCUT2D eigenvalue weighted by Crippen LogP contribution is -1.87. The van der Waals surface area contributed by atoms with Crippen molar-refractivity contribution in [3.05, 3.63) is 24.1 Å². The van der Waals surface area contributed by atoms with E-state index in [0.717, 1.165) is 11.1 Å². The van der Waals surface area contributed by atoms with Crippen LogP contribution in [-0.2, 0) is 6.42 Å². The first-order valence-electron chi connectivity index (χ1n) is 4.01. The van der Waals surface area contributed by atoms with E-state index in [1.807, 2.05) is 12.1 Å². The lowest BCUT2D eigenvalue weighted by molar-refractivity contribution is 0.539. The number of alkyl halides is 1. The molecule has 2 rings (SSSR count). The highest BCUT2D eigenvalue weighted by atomic mass is 35.5. The van der Waals surface area contributed by atoms with E-state index in [0.29, 0.717) is 23.9 Å². The van der Waals surface area contributed by atoms with Gasteiger partial charge in [0.1, 0.15) is 5.52 Å². The number of hydrogen-bond donors (Lipinski definition) is 1. The number of benzene rings is 1. The molecule has 2 aromatic rings. The minimum Gasteiger partial charge on any atom is -0.441 e. The molecule has 0 aliphatic heterocycles. The molecular formula is C9H9ClN2O. The molecular weight excluding hydrogens is 188 g/mol. The molecule has 0 atom stereocenters. The second-order valence-electron chi connectivity index (χ2n) is 2.74. The largest absolute Gasteiger partial charge is 0.441 e. The number of nitrogen functional groups attached to an aromatic ring is 1. The van der Waals surface area contributed by atoms with Crippen molar-refractivity contribution in [3.63, 3.8) is 0 Å². The molecule has 1 aromatic heterocycles. The van der Waals surface area contributed by atoms with Gasteiger partial charge in [-0.3, -0.25) is 0 Å². The van der Waals surface area contributed by atoms with E-state index >= 15 is 0 Å². The summed E-state index contributed by atoms with van der Waals surface area (Å²) >= 11 is 5.57. The molecule has 0 amide bonds. The van der Waals surface area contributed by atoms with Gasteiger partial charge in [0.05, 0.1) is 5.69 Å². The van der Waals surface area contributed by atoms with Gasteiger partial charge in [0.25, 0.3) is 0 Å². The van der Waals surface area contributed by atoms with Crippen molar-refractivity contribution in [3.8, 4) is 0 Å². The minimum absolute atomic E-state index is 0.507. The van der Waals surface area contributed by atoms with E-state index in [1.165, 1.54) is 0 Å². The predicted molar refractivity (Wildman–Crippen MR) is 52.8 cm³/mol. The van der Waals surface area contributed by atoms with Crippen molar-refractivity contribution >= 4 is 28.4 Å². The topological polar surface area (TPSA) is 52.0 Å². The van der Waals surface area contributed by atoms with E-state index in [4.69, 9.17) is 21.8 Å². The molecule has 0 saturated carbocycles. The number of aryl methyl sites for hydroxylation is 1. The fraction of sp³-hybridized carbons (Fsp3) is 0.222. The Balaban J connectivity index is 2.55. The molecule has 0 spiro atoms. The maximum absolute atomic E-state index is 5.71. The summed E-state index contributed by atoms with van der Waals surface area (Å²) in [6, 6.07) is 5.49. The van der Waals surface area contributed by atoms with Crippen LogP contribution in [0.4, 0.5) is 5.69 Å². The van der Waals surface area contributed by atoms with Crippen molar-refractivity contribution in [1.29, 1.82) is 0 Å². The van der Waals surface area contributed by atoms with Gasteiger partial charge in [0, 0.05) is 12.3 Å². The number of halogens is 1. The first-order valence-corrected chi connectivity index (χ1v) is 4.54. The predicted octanol–water partition coefficient (Wildman–Crippen LogP) is 2.19. The second kappa shape index (κ2) is 3.26. The zero-order chi connectivity index (χ0) is 9.26. The van der Waals surface area contributed by atoms with E-state index in [1.54, 1.807) is 6.07 Å². The molecule has 0 bridgehead atoms. The summed E-state index contributed by atoms with van der Waals surface area (Å²) in [4.78, 5) is 4.23. The molecule has 0 aliphatic rings. The average molecular weight is 197 g/mol. The highest BCUT2D eigenvalue weighted by Crippen LogP contribution is 2.21. The molecule has 0 radical (unpaired) electrons. The van der Waals surface area contributed by atoms with Gasteiger partial charge >= 0.3 is 0 Å². The van der Waals surface area contributed by atoms with Gasteiger partial charge in [-0.25, -0.2) is 4.98 Å². The Labute approximate surface area is 80.5 Å². The number of anilines is 1. The Hall–Kier alpha value is -1.22. The highest BCUT2D eigenvalue weighted by Gasteiger charge is 2.06. The van der Waals surface area contributed by atoms with Crippen molar-refractivity contribution in [2.75, 3.05) is 11.6 Å². The van der Waals surface area contributed by atoms with E-state index in [2.05, 4.69) is 4.98 Å². The van der Waals surface area contributed by atoms with Crippen LogP contribution in [0.5, 0.6) is 0 Å². The van der Waals surface area contributed by atoms with Crippen molar-refractivity contribution in [1.82, 2.24) is 4.98 Å². The molecule has 0 aliphatic carbocycles. The van der Waals surface area contributed by atoms with Gasteiger partial charge in [-0.15, -0.1) is 11.6 Å². The molecule has 1 heterocycles. The van der Waals surface area contributed by atoms with Gasteiger partial charge in [0.2, 0.25) is 0 Å². The third-order valence-corrected chi connectivity index (χ3v) is 1.99. The maximum Gasteiger partial charge on any atom is 0.196 e. The molecule has 3 nitrogen and oxygen atoms in total. The van der Waals surface area contributed by atoms with Crippen LogP contribution in [0.3, 0.4) is 0 Å². The molecule has 4 heteroatoms. The summed E-state index contributed by atoms with van der Waals surface area (Å²) in [5, 5.41) is 0. The summed E-state index contributed by atoms with van der Waals surface area (Å²) < 4.78 is 5.41. The van der Waals surface area contributed by atoms with Crippen LogP contribution < -0.4 is 5.73 Å². The van der Waals surface area contributed by atoms with Crippen LogP contribution in [0.2, 0.25) is 0 Å². The minimum atomic E-state index is 0.507. The first kappa shape index (κ1) is 8.38. The Kier molecular flexibility index (Phi) is 2.10. The normalized spacial score (nSPS) is 10.8. The smallest absolute Gasteiger partial charge is 0.196 e. The quantitative estimate of drug-likeness (QED) is 0.592. The fourth-order valence-corrected chi connectivity index (χ4v) is 1.37. The van der Waals surface area contributed by atoms with E-state index in [9.17, 15) is 0 Å². The lowest BCUT2D eigenvalue weighted by Gasteiger charge is -1.89. The zero-order valence-corrected chi connectivity index (χ0v) is 7.71. The van der Waals surface area contributed by atoms with Gasteiger partial charge in [-0.05, 0) is 12.1 Å². The number of fused-ring (bicyclic) bond motifs is 1. The maximum atomic E-state index is 5.71. The lowest BCUT2D eigenvalue weighted by atomic mass is 10.3. The Morgan fingerprint density at radius 3 is 3.00 bits per heavy atom. The standard InChI is InChI=1S/C9H9ClN2O/c10-5-4-8-12-9-6(11)2-1-3-7(9)13-8/h1-3H,4-5,11H2. The number of nitrogens with two attached hydrogens (primary N) is 1. The van der Waals surface area contributed by atoms with Crippen LogP contribution in [-0.4, -0.2) is 10.9 Å². The van der Waals surface area contributed by atoms with E-state index < -0.39 is 0 Å². The van der Waals surface area contributed by atoms with Gasteiger partial charge in [-0.2, -0.15) is 0 Å². The van der Waals surface area contributed by atoms with E-state index in [-0.39, 0.29) is 0 Å². The molecule has 0 fully saturated rings. The highest BCUT2D eigenvalue weighted by molar-refractivity contribution is 6.17.